The fraction of sp³-hybridized carbons (Fsp3) is 0.227. The minimum atomic E-state index is -1.33. The van der Waals surface area contributed by atoms with Gasteiger partial charge < -0.3 is 15.2 Å². The number of nitrogens with one attached hydrogen (secondary N) is 1. The minimum Gasteiger partial charge on any atom is -0.478 e. The molecule has 3 rings (SSSR count). The standard InChI is InChI=1S/C22H20F2N2O4/c1-4-30-21-15-7-5-6-14(16(15)8-11(2)25-21)20(27)19-17(23)9-13(10-18(19)24)12(3)26-22(28)29/h5-10,12,26H,4H2,1-3H3,(H,28,29). The van der Waals surface area contributed by atoms with Crippen molar-refractivity contribution in [3.63, 3.8) is 0 Å². The van der Waals surface area contributed by atoms with Gasteiger partial charge in [0, 0.05) is 22.0 Å². The predicted molar refractivity (Wildman–Crippen MR) is 107 cm³/mol. The highest BCUT2D eigenvalue weighted by Crippen LogP contribution is 2.30. The normalized spacial score (nSPS) is 11.9. The van der Waals surface area contributed by atoms with Gasteiger partial charge in [0.2, 0.25) is 5.88 Å². The maximum absolute atomic E-state index is 14.8. The molecule has 3 aromatic rings. The third-order valence-electron chi connectivity index (χ3n) is 4.62. The molecule has 6 nitrogen and oxygen atoms in total. The SMILES string of the molecule is CCOc1nc(C)cc2c(C(=O)c3c(F)cc(C(C)NC(=O)O)cc3F)cccc12. The van der Waals surface area contributed by atoms with Crippen molar-refractivity contribution in [2.45, 2.75) is 26.8 Å². The van der Waals surface area contributed by atoms with Gasteiger partial charge in [-0.25, -0.2) is 18.6 Å². The number of amides is 1. The topological polar surface area (TPSA) is 88.5 Å². The number of hydrogen-bond donors (Lipinski definition) is 2. The Bertz CT molecular complexity index is 1120. The number of carboxylic acid groups (broad SMARTS) is 1. The molecule has 0 bridgehead atoms. The molecule has 0 spiro atoms. The Kier molecular flexibility index (Phi) is 5.96. The van der Waals surface area contributed by atoms with Crippen molar-refractivity contribution in [3.8, 4) is 5.88 Å². The van der Waals surface area contributed by atoms with E-state index in [1.165, 1.54) is 13.0 Å². The van der Waals surface area contributed by atoms with Gasteiger partial charge in [0.25, 0.3) is 0 Å². The van der Waals surface area contributed by atoms with Gasteiger partial charge >= 0.3 is 6.09 Å². The molecule has 1 heterocycles. The average molecular weight is 414 g/mol. The lowest BCUT2D eigenvalue weighted by Crippen LogP contribution is -2.25. The molecule has 0 fully saturated rings. The fourth-order valence-electron chi connectivity index (χ4n) is 3.28. The second-order valence-corrected chi connectivity index (χ2v) is 6.76. The summed E-state index contributed by atoms with van der Waals surface area (Å²) in [6.45, 7) is 5.35. The van der Waals surface area contributed by atoms with Crippen LogP contribution in [0.1, 0.15) is 47.1 Å². The number of halogens is 2. The van der Waals surface area contributed by atoms with E-state index in [2.05, 4.69) is 10.3 Å². The summed E-state index contributed by atoms with van der Waals surface area (Å²) >= 11 is 0. The van der Waals surface area contributed by atoms with Crippen molar-refractivity contribution in [3.05, 3.63) is 70.4 Å². The molecule has 0 saturated heterocycles. The van der Waals surface area contributed by atoms with Crippen LogP contribution in [-0.2, 0) is 0 Å². The summed E-state index contributed by atoms with van der Waals surface area (Å²) < 4.78 is 35.0. The van der Waals surface area contributed by atoms with Crippen LogP contribution in [0.25, 0.3) is 10.8 Å². The Morgan fingerprint density at radius 1 is 1.17 bits per heavy atom. The van der Waals surface area contributed by atoms with Crippen LogP contribution in [-0.4, -0.2) is 28.6 Å². The molecule has 0 radical (unpaired) electrons. The van der Waals surface area contributed by atoms with Gasteiger partial charge in [0.15, 0.2) is 5.78 Å². The zero-order valence-corrected chi connectivity index (χ0v) is 16.6. The summed E-state index contributed by atoms with van der Waals surface area (Å²) in [5.74, 6) is -2.62. The number of fused-ring (bicyclic) bond motifs is 1. The first-order valence-electron chi connectivity index (χ1n) is 9.29. The largest absolute Gasteiger partial charge is 0.478 e. The zero-order chi connectivity index (χ0) is 22.0. The first-order chi connectivity index (χ1) is 14.2. The number of nitrogens with zero attached hydrogens (tertiary/aromatic N) is 1. The number of aryl methyl sites for hydroxylation is 1. The number of benzene rings is 2. The van der Waals surface area contributed by atoms with Crippen molar-refractivity contribution in [1.29, 1.82) is 0 Å². The van der Waals surface area contributed by atoms with Crippen LogP contribution in [0.15, 0.2) is 36.4 Å². The van der Waals surface area contributed by atoms with Crippen LogP contribution in [0.3, 0.4) is 0 Å². The van der Waals surface area contributed by atoms with Gasteiger partial charge in [-0.1, -0.05) is 12.1 Å². The fourth-order valence-corrected chi connectivity index (χ4v) is 3.28. The highest BCUT2D eigenvalue weighted by atomic mass is 19.1. The van der Waals surface area contributed by atoms with Crippen molar-refractivity contribution >= 4 is 22.6 Å². The third-order valence-corrected chi connectivity index (χ3v) is 4.62. The minimum absolute atomic E-state index is 0.0700. The van der Waals surface area contributed by atoms with Crippen LogP contribution in [0.4, 0.5) is 13.6 Å². The second-order valence-electron chi connectivity index (χ2n) is 6.76. The quantitative estimate of drug-likeness (QED) is 0.567. The van der Waals surface area contributed by atoms with Gasteiger partial charge in [-0.15, -0.1) is 0 Å². The number of aromatic nitrogens is 1. The molecule has 1 unspecified atom stereocenters. The Hall–Kier alpha value is -3.55. The van der Waals surface area contributed by atoms with Crippen LogP contribution in [0, 0.1) is 18.6 Å². The Labute approximate surface area is 171 Å². The van der Waals surface area contributed by atoms with Gasteiger partial charge in [-0.05, 0) is 50.6 Å². The van der Waals surface area contributed by atoms with Crippen LogP contribution < -0.4 is 10.1 Å². The van der Waals surface area contributed by atoms with E-state index >= 15 is 0 Å². The number of pyridine rings is 1. The molecule has 0 aliphatic heterocycles. The van der Waals surface area contributed by atoms with Gasteiger partial charge in [-0.2, -0.15) is 0 Å². The molecule has 1 amide bonds. The van der Waals surface area contributed by atoms with E-state index in [-0.39, 0.29) is 11.1 Å². The monoisotopic (exact) mass is 414 g/mol. The molecular weight excluding hydrogens is 394 g/mol. The number of carbonyl (C=O) groups excluding carboxylic acids is 1. The van der Waals surface area contributed by atoms with Crippen molar-refractivity contribution in [2.24, 2.45) is 0 Å². The average Bonchev–Trinajstić information content (AvgIpc) is 2.66. The van der Waals surface area contributed by atoms with Gasteiger partial charge in [0.05, 0.1) is 18.2 Å². The second kappa shape index (κ2) is 8.44. The molecule has 156 valence electrons. The van der Waals surface area contributed by atoms with E-state index in [4.69, 9.17) is 9.84 Å². The lowest BCUT2D eigenvalue weighted by atomic mass is 9.95. The van der Waals surface area contributed by atoms with Crippen molar-refractivity contribution in [2.75, 3.05) is 6.61 Å². The van der Waals surface area contributed by atoms with Crippen LogP contribution >= 0.6 is 0 Å². The summed E-state index contributed by atoms with van der Waals surface area (Å²) in [6.07, 6.45) is -1.33. The number of hydrogen-bond acceptors (Lipinski definition) is 4. The molecule has 1 aromatic heterocycles. The number of ether oxygens (including phenoxy) is 1. The molecule has 2 N–H and O–H groups in total. The summed E-state index contributed by atoms with van der Waals surface area (Å²) in [4.78, 5) is 28.2. The molecule has 0 aliphatic carbocycles. The zero-order valence-electron chi connectivity index (χ0n) is 16.6. The van der Waals surface area contributed by atoms with E-state index in [0.29, 0.717) is 29.0 Å². The molecule has 30 heavy (non-hydrogen) atoms. The lowest BCUT2D eigenvalue weighted by Gasteiger charge is -2.15. The maximum Gasteiger partial charge on any atom is 0.405 e. The maximum atomic E-state index is 14.8. The van der Waals surface area contributed by atoms with E-state index in [0.717, 1.165) is 12.1 Å². The molecule has 0 aliphatic rings. The van der Waals surface area contributed by atoms with Gasteiger partial charge in [-0.3, -0.25) is 4.79 Å². The van der Waals surface area contributed by atoms with E-state index in [9.17, 15) is 18.4 Å². The highest BCUT2D eigenvalue weighted by molar-refractivity contribution is 6.17. The third kappa shape index (κ3) is 4.07. The molecule has 8 heteroatoms. The number of ketones is 1. The highest BCUT2D eigenvalue weighted by Gasteiger charge is 2.24. The molecule has 2 aromatic carbocycles. The Balaban J connectivity index is 2.11. The predicted octanol–water partition coefficient (Wildman–Crippen LogP) is 4.78. The Morgan fingerprint density at radius 3 is 2.43 bits per heavy atom. The number of carbonyl (C=O) groups is 2. The van der Waals surface area contributed by atoms with Gasteiger partial charge in [0.1, 0.15) is 11.6 Å². The van der Waals surface area contributed by atoms with Crippen LogP contribution in [0.5, 0.6) is 5.88 Å². The summed E-state index contributed by atoms with van der Waals surface area (Å²) in [5.41, 5.74) is 0.0685. The van der Waals surface area contributed by atoms with Crippen LogP contribution in [0.2, 0.25) is 0 Å². The van der Waals surface area contributed by atoms with E-state index in [1.54, 1.807) is 32.0 Å². The summed E-state index contributed by atoms with van der Waals surface area (Å²) in [6, 6.07) is 7.53. The smallest absolute Gasteiger partial charge is 0.405 e. The molecular formula is C22H20F2N2O4. The number of rotatable bonds is 6. The van der Waals surface area contributed by atoms with Crippen molar-refractivity contribution < 1.29 is 28.2 Å². The first kappa shape index (κ1) is 21.2. The summed E-state index contributed by atoms with van der Waals surface area (Å²) in [5, 5.41) is 11.9. The van der Waals surface area contributed by atoms with E-state index < -0.39 is 35.1 Å². The van der Waals surface area contributed by atoms with Crippen molar-refractivity contribution in [1.82, 2.24) is 10.3 Å². The molecule has 1 atom stereocenters. The lowest BCUT2D eigenvalue weighted by molar-refractivity contribution is 0.103. The van der Waals surface area contributed by atoms with E-state index in [1.807, 2.05) is 0 Å². The molecule has 0 saturated carbocycles. The Morgan fingerprint density at radius 2 is 1.83 bits per heavy atom. The first-order valence-corrected chi connectivity index (χ1v) is 9.29. The summed E-state index contributed by atoms with van der Waals surface area (Å²) in [7, 11) is 0.